The van der Waals surface area contributed by atoms with Gasteiger partial charge in [-0.05, 0) is 71.8 Å². The van der Waals surface area contributed by atoms with E-state index in [0.29, 0.717) is 110 Å². The molecule has 1 atom stereocenters. The summed E-state index contributed by atoms with van der Waals surface area (Å²) in [4.78, 5) is 58.7. The normalized spacial score (nSPS) is 13.6. The maximum Gasteiger partial charge on any atom is 0.221 e. The first kappa shape index (κ1) is 57.0. The first-order valence-electron chi connectivity index (χ1n) is 22.1. The third-order valence-electron chi connectivity index (χ3n) is 9.43. The molecule has 0 aromatic rings. The van der Waals surface area contributed by atoms with E-state index in [0.717, 1.165) is 84.5 Å². The molecule has 1 heterocycles. The zero-order valence-electron chi connectivity index (χ0n) is 37.4. The average molecular weight is 824 g/mol. The van der Waals surface area contributed by atoms with Gasteiger partial charge in [-0.3, -0.25) is 24.1 Å². The Labute approximate surface area is 359 Å². The van der Waals surface area contributed by atoms with Crippen molar-refractivity contribution in [2.45, 2.75) is 117 Å². The Morgan fingerprint density at radius 2 is 0.949 bits per heavy atom. The summed E-state index contributed by atoms with van der Waals surface area (Å²) in [6.45, 7) is 20.1. The van der Waals surface area contributed by atoms with Crippen molar-refractivity contribution in [3.05, 3.63) is 0 Å². The number of nitrogens with two attached hydrogens (primary N) is 1. The van der Waals surface area contributed by atoms with Crippen molar-refractivity contribution >= 4 is 23.6 Å². The minimum Gasteiger partial charge on any atom is -0.356 e. The third-order valence-corrected chi connectivity index (χ3v) is 9.43. The predicted molar refractivity (Wildman–Crippen MR) is 244 cm³/mol. The Morgan fingerprint density at radius 3 is 1.32 bits per heavy atom. The minimum atomic E-state index is -0.0257. The molecule has 1 fully saturated rings. The Kier molecular flexibility index (Phi) is 40.6. The average Bonchev–Trinajstić information content (AvgIpc) is 3.23. The quantitative estimate of drug-likeness (QED) is 0.0525. The van der Waals surface area contributed by atoms with Crippen molar-refractivity contribution in [3.8, 4) is 49.4 Å². The van der Waals surface area contributed by atoms with Crippen molar-refractivity contribution in [2.24, 2.45) is 5.73 Å². The summed E-state index contributed by atoms with van der Waals surface area (Å²) in [7, 11) is 0. The predicted octanol–water partition coefficient (Wildman–Crippen LogP) is 2.66. The SMILES string of the molecule is C#CCCCNC(=O)CCN(CCCCN1CCN(CCCCN(CCC(=O)NCCC#C)CCC(=O)NCCC#C)C(C)C1)CCC(=O)NCCC#C.CC.CCN. The highest BCUT2D eigenvalue weighted by Crippen LogP contribution is 2.12. The molecule has 13 heteroatoms. The molecule has 13 nitrogen and oxygen atoms in total. The monoisotopic (exact) mass is 824 g/mol. The van der Waals surface area contributed by atoms with Crippen LogP contribution in [0.5, 0.6) is 0 Å². The molecule has 1 aliphatic rings. The van der Waals surface area contributed by atoms with Gasteiger partial charge in [-0.1, -0.05) is 20.8 Å². The Balaban J connectivity index is 0. The maximum absolute atomic E-state index is 12.4. The van der Waals surface area contributed by atoms with Crippen LogP contribution >= 0.6 is 0 Å². The fraction of sp³-hybridized carbons (Fsp3) is 0.739. The van der Waals surface area contributed by atoms with Gasteiger partial charge in [-0.2, -0.15) is 0 Å². The van der Waals surface area contributed by atoms with Gasteiger partial charge < -0.3 is 41.7 Å². The summed E-state index contributed by atoms with van der Waals surface area (Å²) < 4.78 is 0. The van der Waals surface area contributed by atoms with E-state index in [9.17, 15) is 19.2 Å². The number of carbonyl (C=O) groups excluding carboxylic acids is 4. The highest BCUT2D eigenvalue weighted by molar-refractivity contribution is 5.77. The second kappa shape index (κ2) is 42.1. The fourth-order valence-electron chi connectivity index (χ4n) is 6.23. The summed E-state index contributed by atoms with van der Waals surface area (Å²) in [5, 5.41) is 11.5. The molecule has 0 saturated carbocycles. The fourth-order valence-corrected chi connectivity index (χ4v) is 6.23. The first-order chi connectivity index (χ1) is 28.6. The van der Waals surface area contributed by atoms with Crippen LogP contribution in [-0.4, -0.2) is 154 Å². The maximum atomic E-state index is 12.4. The molecule has 0 aliphatic carbocycles. The number of hydrogen-bond donors (Lipinski definition) is 5. The van der Waals surface area contributed by atoms with Crippen LogP contribution in [0, 0.1) is 49.4 Å². The van der Waals surface area contributed by atoms with Gasteiger partial charge in [-0.25, -0.2) is 0 Å². The van der Waals surface area contributed by atoms with Gasteiger partial charge in [0, 0.05) is 129 Å². The van der Waals surface area contributed by atoms with Gasteiger partial charge in [0.15, 0.2) is 0 Å². The van der Waals surface area contributed by atoms with E-state index in [1.165, 1.54) is 0 Å². The van der Waals surface area contributed by atoms with E-state index < -0.39 is 0 Å². The Hall–Kier alpha value is -4.08. The van der Waals surface area contributed by atoms with E-state index in [1.54, 1.807) is 0 Å². The molecule has 0 spiro atoms. The Morgan fingerprint density at radius 1 is 0.576 bits per heavy atom. The lowest BCUT2D eigenvalue weighted by Gasteiger charge is -2.40. The van der Waals surface area contributed by atoms with Crippen LogP contribution in [0.4, 0.5) is 0 Å². The van der Waals surface area contributed by atoms with Crippen LogP contribution < -0.4 is 27.0 Å². The van der Waals surface area contributed by atoms with Crippen LogP contribution in [0.2, 0.25) is 0 Å². The molecule has 1 saturated heterocycles. The van der Waals surface area contributed by atoms with Crippen LogP contribution in [0.3, 0.4) is 0 Å². The Bertz CT molecular complexity index is 1230. The number of unbranched alkanes of at least 4 members (excludes halogenated alkanes) is 3. The van der Waals surface area contributed by atoms with Gasteiger partial charge in [0.2, 0.25) is 23.6 Å². The van der Waals surface area contributed by atoms with Gasteiger partial charge >= 0.3 is 0 Å². The lowest BCUT2D eigenvalue weighted by molar-refractivity contribution is -0.123. The highest BCUT2D eigenvalue weighted by atomic mass is 16.2. The second-order valence-electron chi connectivity index (χ2n) is 14.3. The summed E-state index contributed by atoms with van der Waals surface area (Å²) in [5.41, 5.74) is 4.85. The lowest BCUT2D eigenvalue weighted by Crippen LogP contribution is -2.52. The zero-order valence-corrected chi connectivity index (χ0v) is 37.4. The molecule has 1 rings (SSSR count). The lowest BCUT2D eigenvalue weighted by atomic mass is 10.1. The van der Waals surface area contributed by atoms with Crippen LogP contribution in [0.25, 0.3) is 0 Å². The topological polar surface area (TPSA) is 155 Å². The van der Waals surface area contributed by atoms with Crippen molar-refractivity contribution in [3.63, 3.8) is 0 Å². The number of terminal acetylenes is 4. The molecule has 334 valence electrons. The summed E-state index contributed by atoms with van der Waals surface area (Å²) >= 11 is 0. The molecule has 1 aliphatic heterocycles. The van der Waals surface area contributed by atoms with Gasteiger partial charge in [0.25, 0.3) is 0 Å². The third kappa shape index (κ3) is 35.6. The van der Waals surface area contributed by atoms with Crippen LogP contribution in [0.1, 0.15) is 111 Å². The summed E-state index contributed by atoms with van der Waals surface area (Å²) in [5.74, 6) is 10.1. The standard InChI is InChI=1S/C42H68N8O4.C2H7N.C2H6/c1-6-10-14-26-46-42(54)22-34-47(31-19-39(51)43-23-11-7-2)27-15-16-29-49-35-36-50(38(5)37-49)30-18-17-28-48(32-20-40(52)44-24-12-8-3)33-21-41(53)45-25-13-9-4;1-2-3;1-2/h1-4,38H,10-37H2,5H3,(H,43,51)(H,44,52)(H,45,53)(H,46,54);2-3H2,1H3;1-2H3. The number of carbonyl (C=O) groups is 4. The van der Waals surface area contributed by atoms with Gasteiger partial charge in [0.1, 0.15) is 0 Å². The largest absolute Gasteiger partial charge is 0.356 e. The molecule has 6 N–H and O–H groups in total. The molecular weight excluding hydrogens is 743 g/mol. The van der Waals surface area contributed by atoms with Crippen molar-refractivity contribution < 1.29 is 19.2 Å². The van der Waals surface area contributed by atoms with Crippen LogP contribution in [-0.2, 0) is 19.2 Å². The molecule has 59 heavy (non-hydrogen) atoms. The molecular formula is C46H81N9O4. The van der Waals surface area contributed by atoms with Gasteiger partial charge in [0.05, 0.1) is 0 Å². The highest BCUT2D eigenvalue weighted by Gasteiger charge is 2.23. The van der Waals surface area contributed by atoms with Crippen molar-refractivity contribution in [1.29, 1.82) is 0 Å². The first-order valence-corrected chi connectivity index (χ1v) is 22.1. The molecule has 0 aromatic heterocycles. The number of nitrogens with zero attached hydrogens (tertiary/aromatic N) is 4. The van der Waals surface area contributed by atoms with Crippen molar-refractivity contribution in [1.82, 2.24) is 40.9 Å². The number of nitrogens with one attached hydrogen (secondary N) is 4. The van der Waals surface area contributed by atoms with E-state index >= 15 is 0 Å². The summed E-state index contributed by atoms with van der Waals surface area (Å²) in [6.07, 6.45) is 29.7. The van der Waals surface area contributed by atoms with Crippen molar-refractivity contribution in [2.75, 3.05) is 105 Å². The van der Waals surface area contributed by atoms with Gasteiger partial charge in [-0.15, -0.1) is 49.4 Å². The molecule has 0 aromatic carbocycles. The molecule has 0 radical (unpaired) electrons. The van der Waals surface area contributed by atoms with E-state index in [2.05, 4.69) is 71.5 Å². The number of amides is 4. The van der Waals surface area contributed by atoms with Crippen LogP contribution in [0.15, 0.2) is 0 Å². The number of hydrogen-bond acceptors (Lipinski definition) is 9. The smallest absolute Gasteiger partial charge is 0.221 e. The molecule has 0 bridgehead atoms. The number of piperazine rings is 1. The zero-order chi connectivity index (χ0) is 44.4. The second-order valence-corrected chi connectivity index (χ2v) is 14.3. The molecule has 1 unspecified atom stereocenters. The van der Waals surface area contributed by atoms with E-state index in [-0.39, 0.29) is 23.6 Å². The summed E-state index contributed by atoms with van der Waals surface area (Å²) in [6, 6.07) is 0.455. The van der Waals surface area contributed by atoms with E-state index in [4.69, 9.17) is 31.4 Å². The van der Waals surface area contributed by atoms with E-state index in [1.807, 2.05) is 20.8 Å². The molecule has 4 amide bonds. The number of rotatable bonds is 31. The minimum absolute atomic E-state index is 0.00780.